The average Bonchev–Trinajstić information content (AvgIpc) is 2.66. The lowest BCUT2D eigenvalue weighted by molar-refractivity contribution is 0.00367. The summed E-state index contributed by atoms with van der Waals surface area (Å²) in [5, 5.41) is 0. The Hall–Kier alpha value is -0.0800. The first kappa shape index (κ1) is 21.2. The first-order chi connectivity index (χ1) is 12.2. The van der Waals surface area contributed by atoms with Gasteiger partial charge in [0, 0.05) is 20.8 Å². The summed E-state index contributed by atoms with van der Waals surface area (Å²) in [5.74, 6) is 1.94. The molecule has 148 valence electrons. The van der Waals surface area contributed by atoms with Crippen LogP contribution in [0.3, 0.4) is 0 Å². The highest BCUT2D eigenvalue weighted by Crippen LogP contribution is 2.47. The largest absolute Gasteiger partial charge is 0.385 e. The molecule has 0 aromatic heterocycles. The van der Waals surface area contributed by atoms with Crippen LogP contribution in [0.5, 0.6) is 0 Å². The highest BCUT2D eigenvalue weighted by Gasteiger charge is 2.36. The van der Waals surface area contributed by atoms with Gasteiger partial charge in [-0.15, -0.1) is 0 Å². The second-order valence-corrected chi connectivity index (χ2v) is 9.11. The van der Waals surface area contributed by atoms with E-state index in [4.69, 9.17) is 9.47 Å². The predicted molar refractivity (Wildman–Crippen MR) is 107 cm³/mol. The van der Waals surface area contributed by atoms with Crippen molar-refractivity contribution < 1.29 is 9.47 Å². The van der Waals surface area contributed by atoms with E-state index in [-0.39, 0.29) is 0 Å². The Morgan fingerprint density at radius 2 is 1.36 bits per heavy atom. The molecule has 2 rings (SSSR count). The first-order valence-corrected chi connectivity index (χ1v) is 11.2. The summed E-state index contributed by atoms with van der Waals surface area (Å²) >= 11 is 0. The van der Waals surface area contributed by atoms with Gasteiger partial charge >= 0.3 is 0 Å². The van der Waals surface area contributed by atoms with Crippen molar-refractivity contribution in [1.82, 2.24) is 0 Å². The lowest BCUT2D eigenvalue weighted by atomic mass is 9.64. The lowest BCUT2D eigenvalue weighted by Gasteiger charge is -2.42. The minimum atomic E-state index is 0.368. The zero-order valence-electron chi connectivity index (χ0n) is 17.4. The SMILES string of the molecule is CCC(CC1CCCCC1)(CC1CCCCC1)CC(CCOC)OC. The fourth-order valence-electron chi connectivity index (χ4n) is 5.73. The van der Waals surface area contributed by atoms with Crippen LogP contribution in [0.1, 0.15) is 103 Å². The van der Waals surface area contributed by atoms with Crippen molar-refractivity contribution in [1.29, 1.82) is 0 Å². The molecule has 2 aliphatic rings. The van der Waals surface area contributed by atoms with Crippen LogP contribution in [0.25, 0.3) is 0 Å². The minimum absolute atomic E-state index is 0.368. The molecule has 0 aromatic rings. The Morgan fingerprint density at radius 3 is 1.76 bits per heavy atom. The number of methoxy groups -OCH3 is 2. The van der Waals surface area contributed by atoms with Crippen molar-refractivity contribution in [3.63, 3.8) is 0 Å². The summed E-state index contributed by atoms with van der Waals surface area (Å²) in [6, 6.07) is 0. The molecule has 1 atom stereocenters. The fourth-order valence-corrected chi connectivity index (χ4v) is 5.73. The predicted octanol–water partition coefficient (Wildman–Crippen LogP) is 6.77. The van der Waals surface area contributed by atoms with Gasteiger partial charge in [0.15, 0.2) is 0 Å². The van der Waals surface area contributed by atoms with E-state index in [2.05, 4.69) is 6.92 Å². The summed E-state index contributed by atoms with van der Waals surface area (Å²) in [4.78, 5) is 0. The van der Waals surface area contributed by atoms with Gasteiger partial charge in [-0.2, -0.15) is 0 Å². The van der Waals surface area contributed by atoms with Gasteiger partial charge in [0.05, 0.1) is 6.10 Å². The summed E-state index contributed by atoms with van der Waals surface area (Å²) in [6.07, 6.45) is 21.6. The third kappa shape index (κ3) is 7.21. The van der Waals surface area contributed by atoms with Crippen molar-refractivity contribution in [3.8, 4) is 0 Å². The molecule has 1 unspecified atom stereocenters. The normalized spacial score (nSPS) is 22.2. The molecule has 2 saturated carbocycles. The van der Waals surface area contributed by atoms with Crippen LogP contribution in [0.2, 0.25) is 0 Å². The van der Waals surface area contributed by atoms with Gasteiger partial charge in [-0.05, 0) is 42.9 Å². The van der Waals surface area contributed by atoms with Crippen molar-refractivity contribution in [2.75, 3.05) is 20.8 Å². The van der Waals surface area contributed by atoms with Gasteiger partial charge in [0.2, 0.25) is 0 Å². The van der Waals surface area contributed by atoms with E-state index in [1.807, 2.05) is 14.2 Å². The maximum absolute atomic E-state index is 5.91. The molecule has 0 bridgehead atoms. The van der Waals surface area contributed by atoms with Gasteiger partial charge in [-0.1, -0.05) is 77.6 Å². The van der Waals surface area contributed by atoms with Gasteiger partial charge in [-0.25, -0.2) is 0 Å². The van der Waals surface area contributed by atoms with Crippen LogP contribution in [0, 0.1) is 17.3 Å². The van der Waals surface area contributed by atoms with Crippen LogP contribution in [0.4, 0.5) is 0 Å². The van der Waals surface area contributed by atoms with E-state index in [0.29, 0.717) is 11.5 Å². The number of ether oxygens (including phenoxy) is 2. The van der Waals surface area contributed by atoms with Gasteiger partial charge in [0.1, 0.15) is 0 Å². The lowest BCUT2D eigenvalue weighted by Crippen LogP contribution is -2.33. The monoisotopic (exact) mass is 352 g/mol. The molecule has 0 amide bonds. The Kier molecular flexibility index (Phi) is 9.84. The van der Waals surface area contributed by atoms with E-state index >= 15 is 0 Å². The molecule has 2 nitrogen and oxygen atoms in total. The van der Waals surface area contributed by atoms with Crippen molar-refractivity contribution in [3.05, 3.63) is 0 Å². The Balaban J connectivity index is 2.04. The Bertz CT molecular complexity index is 309. The van der Waals surface area contributed by atoms with Crippen LogP contribution in [-0.4, -0.2) is 26.9 Å². The molecule has 0 spiro atoms. The van der Waals surface area contributed by atoms with E-state index in [9.17, 15) is 0 Å². The molecule has 0 aliphatic heterocycles. The van der Waals surface area contributed by atoms with E-state index < -0.39 is 0 Å². The highest BCUT2D eigenvalue weighted by atomic mass is 16.5. The van der Waals surface area contributed by atoms with Gasteiger partial charge in [0.25, 0.3) is 0 Å². The number of rotatable bonds is 11. The average molecular weight is 353 g/mol. The van der Waals surface area contributed by atoms with Crippen LogP contribution in [-0.2, 0) is 9.47 Å². The third-order valence-corrected chi connectivity index (χ3v) is 7.28. The second-order valence-electron chi connectivity index (χ2n) is 9.11. The van der Waals surface area contributed by atoms with Gasteiger partial charge in [-0.3, -0.25) is 0 Å². The molecule has 0 radical (unpaired) electrons. The Labute approximate surface area is 157 Å². The molecule has 0 aromatic carbocycles. The van der Waals surface area contributed by atoms with Crippen LogP contribution >= 0.6 is 0 Å². The van der Waals surface area contributed by atoms with Crippen molar-refractivity contribution >= 4 is 0 Å². The quantitative estimate of drug-likeness (QED) is 0.409. The summed E-state index contributed by atoms with van der Waals surface area (Å²) in [6.45, 7) is 3.28. The Morgan fingerprint density at radius 1 is 0.840 bits per heavy atom. The molecule has 0 N–H and O–H groups in total. The van der Waals surface area contributed by atoms with E-state index in [1.54, 1.807) is 0 Å². The van der Waals surface area contributed by atoms with Crippen LogP contribution in [0.15, 0.2) is 0 Å². The maximum Gasteiger partial charge on any atom is 0.0598 e. The summed E-state index contributed by atoms with van der Waals surface area (Å²) < 4.78 is 11.3. The molecule has 2 fully saturated rings. The maximum atomic E-state index is 5.91. The molecule has 2 aliphatic carbocycles. The van der Waals surface area contributed by atoms with Crippen molar-refractivity contribution in [2.45, 2.75) is 109 Å². The first-order valence-electron chi connectivity index (χ1n) is 11.2. The van der Waals surface area contributed by atoms with Crippen molar-refractivity contribution in [2.24, 2.45) is 17.3 Å². The fraction of sp³-hybridized carbons (Fsp3) is 1.00. The standard InChI is InChI=1S/C23H44O2/c1-4-23(17-20-11-7-5-8-12-20,18-21-13-9-6-10-14-21)19-22(25-3)15-16-24-2/h20-22H,4-19H2,1-3H3. The molecular weight excluding hydrogens is 308 g/mol. The zero-order chi connectivity index (χ0) is 18.0. The van der Waals surface area contributed by atoms with Crippen LogP contribution < -0.4 is 0 Å². The number of hydrogen-bond donors (Lipinski definition) is 0. The molecular formula is C23H44O2. The zero-order valence-corrected chi connectivity index (χ0v) is 17.4. The third-order valence-electron chi connectivity index (χ3n) is 7.28. The highest BCUT2D eigenvalue weighted by molar-refractivity contribution is 4.88. The molecule has 0 heterocycles. The molecule has 0 saturated heterocycles. The minimum Gasteiger partial charge on any atom is -0.385 e. The van der Waals surface area contributed by atoms with E-state index in [0.717, 1.165) is 24.9 Å². The molecule has 2 heteroatoms. The van der Waals surface area contributed by atoms with E-state index in [1.165, 1.54) is 89.9 Å². The second kappa shape index (κ2) is 11.6. The van der Waals surface area contributed by atoms with Gasteiger partial charge < -0.3 is 9.47 Å². The smallest absolute Gasteiger partial charge is 0.0598 e. The summed E-state index contributed by atoms with van der Waals surface area (Å²) in [7, 11) is 3.71. The summed E-state index contributed by atoms with van der Waals surface area (Å²) in [5.41, 5.74) is 0.498. The molecule has 25 heavy (non-hydrogen) atoms. The topological polar surface area (TPSA) is 18.5 Å². The number of hydrogen-bond acceptors (Lipinski definition) is 2.